The van der Waals surface area contributed by atoms with Gasteiger partial charge in [-0.2, -0.15) is 0 Å². The Morgan fingerprint density at radius 3 is 2.47 bits per heavy atom. The van der Waals surface area contributed by atoms with Crippen LogP contribution in [0, 0.1) is 5.82 Å². The molecule has 1 aromatic carbocycles. The van der Waals surface area contributed by atoms with Crippen molar-refractivity contribution in [1.82, 2.24) is 20.3 Å². The lowest BCUT2D eigenvalue weighted by Crippen LogP contribution is -2.36. The molecule has 0 spiro atoms. The van der Waals surface area contributed by atoms with Crippen molar-refractivity contribution in [3.63, 3.8) is 0 Å². The highest BCUT2D eigenvalue weighted by Gasteiger charge is 2.32. The third-order valence-electron chi connectivity index (χ3n) is 4.99. The summed E-state index contributed by atoms with van der Waals surface area (Å²) in [7, 11) is -3.63. The Morgan fingerprint density at radius 1 is 1.03 bits per heavy atom. The fraction of sp³-hybridized carbons (Fsp3) is 0.250. The molecule has 0 unspecified atom stereocenters. The van der Waals surface area contributed by atoms with Gasteiger partial charge in [-0.15, -0.1) is 12.4 Å². The summed E-state index contributed by atoms with van der Waals surface area (Å²) in [5.74, 6) is -0.287. The van der Waals surface area contributed by atoms with Crippen LogP contribution >= 0.6 is 12.4 Å². The van der Waals surface area contributed by atoms with E-state index in [9.17, 15) is 12.8 Å². The monoisotopic (exact) mass is 449 g/mol. The largest absolute Gasteiger partial charge is 0.382 e. The van der Waals surface area contributed by atoms with Gasteiger partial charge in [0.05, 0.1) is 23.3 Å². The number of pyridine rings is 1. The minimum absolute atomic E-state index is 0. The minimum atomic E-state index is -3.63. The molecule has 1 fully saturated rings. The highest BCUT2D eigenvalue weighted by atomic mass is 35.5. The van der Waals surface area contributed by atoms with Gasteiger partial charge in [-0.3, -0.25) is 4.98 Å². The average Bonchev–Trinajstić information content (AvgIpc) is 2.75. The van der Waals surface area contributed by atoms with E-state index in [1.807, 2.05) is 0 Å². The van der Waals surface area contributed by atoms with Gasteiger partial charge in [-0.05, 0) is 55.8 Å². The first kappa shape index (κ1) is 22.1. The molecule has 1 aliphatic heterocycles. The molecule has 0 amide bonds. The molecule has 158 valence electrons. The van der Waals surface area contributed by atoms with Crippen LogP contribution in [0.1, 0.15) is 12.8 Å². The van der Waals surface area contributed by atoms with Gasteiger partial charge in [-0.25, -0.2) is 22.8 Å². The molecule has 2 aromatic heterocycles. The third-order valence-corrected chi connectivity index (χ3v) is 7.21. The highest BCUT2D eigenvalue weighted by Crippen LogP contribution is 2.32. The fourth-order valence-electron chi connectivity index (χ4n) is 3.47. The van der Waals surface area contributed by atoms with Crippen LogP contribution in [0.15, 0.2) is 53.9 Å². The Balaban J connectivity index is 0.00000256. The molecule has 4 rings (SSSR count). The molecule has 1 aliphatic rings. The first-order valence-electron chi connectivity index (χ1n) is 9.24. The van der Waals surface area contributed by atoms with Crippen LogP contribution in [-0.4, -0.2) is 41.7 Å². The number of benzene rings is 1. The smallest absolute Gasteiger partial charge is 0.199 e. The molecule has 3 N–H and O–H groups in total. The Bertz CT molecular complexity index is 1140. The molecule has 0 atom stereocenters. The number of aromatic nitrogens is 3. The lowest BCUT2D eigenvalue weighted by Gasteiger charge is -2.23. The number of nitrogens with two attached hydrogens (primary N) is 1. The van der Waals surface area contributed by atoms with E-state index in [-0.39, 0.29) is 28.8 Å². The second kappa shape index (κ2) is 9.03. The second-order valence-electron chi connectivity index (χ2n) is 6.87. The van der Waals surface area contributed by atoms with E-state index < -0.39 is 20.9 Å². The molecule has 0 aliphatic carbocycles. The van der Waals surface area contributed by atoms with Crippen molar-refractivity contribution in [3.05, 3.63) is 54.7 Å². The minimum Gasteiger partial charge on any atom is -0.382 e. The van der Waals surface area contributed by atoms with Gasteiger partial charge in [0.25, 0.3) is 0 Å². The summed E-state index contributed by atoms with van der Waals surface area (Å²) in [5.41, 5.74) is 6.96. The zero-order valence-electron chi connectivity index (χ0n) is 16.0. The summed E-state index contributed by atoms with van der Waals surface area (Å²) in [6.45, 7) is 1.30. The lowest BCUT2D eigenvalue weighted by atomic mass is 10.0. The predicted octanol–water partition coefficient (Wildman–Crippen LogP) is 2.87. The van der Waals surface area contributed by atoms with Crippen molar-refractivity contribution in [2.45, 2.75) is 23.1 Å². The zero-order chi connectivity index (χ0) is 20.4. The standard InChI is InChI=1S/C20H20FN5O2S.ClH/c21-17-10-13(3-4-16(17)18-11-26-19(22)12-25-18)15-2-1-7-24-20(15)29(27,28)14-5-8-23-9-6-14;/h1-4,7,10-12,14,23H,5-6,8-9H2,(H2,22,26);1H. The van der Waals surface area contributed by atoms with Crippen LogP contribution < -0.4 is 11.1 Å². The SMILES string of the molecule is Cl.Nc1cnc(-c2ccc(-c3cccnc3S(=O)(=O)C3CCNCC3)cc2F)cn1. The second-order valence-corrected chi connectivity index (χ2v) is 9.01. The van der Waals surface area contributed by atoms with Gasteiger partial charge in [0.2, 0.25) is 0 Å². The van der Waals surface area contributed by atoms with Crippen molar-refractivity contribution in [2.24, 2.45) is 0 Å². The number of hydrogen-bond acceptors (Lipinski definition) is 7. The Hall–Kier alpha value is -2.62. The predicted molar refractivity (Wildman–Crippen MR) is 115 cm³/mol. The van der Waals surface area contributed by atoms with E-state index in [1.54, 1.807) is 24.3 Å². The Kier molecular flexibility index (Phi) is 6.64. The van der Waals surface area contributed by atoms with Crippen molar-refractivity contribution in [1.29, 1.82) is 0 Å². The van der Waals surface area contributed by atoms with Crippen molar-refractivity contribution >= 4 is 28.1 Å². The van der Waals surface area contributed by atoms with Crippen molar-refractivity contribution < 1.29 is 12.8 Å². The zero-order valence-corrected chi connectivity index (χ0v) is 17.6. The Labute approximate surface area is 180 Å². The van der Waals surface area contributed by atoms with Crippen LogP contribution in [0.2, 0.25) is 0 Å². The highest BCUT2D eigenvalue weighted by molar-refractivity contribution is 7.92. The van der Waals surface area contributed by atoms with Gasteiger partial charge < -0.3 is 11.1 Å². The van der Waals surface area contributed by atoms with Gasteiger partial charge in [0.1, 0.15) is 11.6 Å². The maximum absolute atomic E-state index is 14.8. The molecule has 10 heteroatoms. The number of nitrogens with one attached hydrogen (secondary N) is 1. The quantitative estimate of drug-likeness (QED) is 0.629. The normalized spacial score (nSPS) is 14.8. The fourth-order valence-corrected chi connectivity index (χ4v) is 5.34. The molecular weight excluding hydrogens is 429 g/mol. The maximum atomic E-state index is 14.8. The van der Waals surface area contributed by atoms with Crippen LogP contribution in [0.25, 0.3) is 22.4 Å². The number of nitrogen functional groups attached to an aromatic ring is 1. The van der Waals surface area contributed by atoms with E-state index in [0.29, 0.717) is 42.8 Å². The number of anilines is 1. The molecule has 0 bridgehead atoms. The van der Waals surface area contributed by atoms with E-state index in [2.05, 4.69) is 20.3 Å². The molecule has 3 heterocycles. The molecule has 30 heavy (non-hydrogen) atoms. The number of nitrogens with zero attached hydrogens (tertiary/aromatic N) is 3. The summed E-state index contributed by atoms with van der Waals surface area (Å²) in [6, 6.07) is 7.81. The van der Waals surface area contributed by atoms with Gasteiger partial charge in [0.15, 0.2) is 14.9 Å². The number of sulfone groups is 1. The van der Waals surface area contributed by atoms with Gasteiger partial charge in [0, 0.05) is 17.3 Å². The molecule has 0 saturated carbocycles. The Morgan fingerprint density at radius 2 is 1.80 bits per heavy atom. The molecule has 3 aromatic rings. The molecular formula is C20H21ClFN5O2S. The van der Waals surface area contributed by atoms with Crippen molar-refractivity contribution in [2.75, 3.05) is 18.8 Å². The number of piperidine rings is 1. The molecule has 7 nitrogen and oxygen atoms in total. The lowest BCUT2D eigenvalue weighted by molar-refractivity contribution is 0.495. The topological polar surface area (TPSA) is 111 Å². The average molecular weight is 450 g/mol. The van der Waals surface area contributed by atoms with E-state index in [0.717, 1.165) is 0 Å². The van der Waals surface area contributed by atoms with E-state index >= 15 is 0 Å². The first-order valence-corrected chi connectivity index (χ1v) is 10.8. The van der Waals surface area contributed by atoms with Crippen LogP contribution in [0.3, 0.4) is 0 Å². The molecule has 0 radical (unpaired) electrons. The van der Waals surface area contributed by atoms with E-state index in [1.165, 1.54) is 24.7 Å². The number of halogens is 2. The molecule has 1 saturated heterocycles. The van der Waals surface area contributed by atoms with Crippen LogP contribution in [0.4, 0.5) is 10.2 Å². The number of rotatable bonds is 4. The summed E-state index contributed by atoms with van der Waals surface area (Å²) >= 11 is 0. The summed E-state index contributed by atoms with van der Waals surface area (Å²) < 4.78 is 41.2. The third kappa shape index (κ3) is 4.28. The first-order chi connectivity index (χ1) is 14.0. The van der Waals surface area contributed by atoms with Crippen molar-refractivity contribution in [3.8, 4) is 22.4 Å². The van der Waals surface area contributed by atoms with Gasteiger partial charge in [-0.1, -0.05) is 6.07 Å². The van der Waals surface area contributed by atoms with E-state index in [4.69, 9.17) is 5.73 Å². The van der Waals surface area contributed by atoms with Gasteiger partial charge >= 0.3 is 0 Å². The summed E-state index contributed by atoms with van der Waals surface area (Å²) in [5, 5.41) is 2.66. The maximum Gasteiger partial charge on any atom is 0.199 e. The number of hydrogen-bond donors (Lipinski definition) is 2. The summed E-state index contributed by atoms with van der Waals surface area (Å²) in [6.07, 6.45) is 5.26. The summed E-state index contributed by atoms with van der Waals surface area (Å²) in [4.78, 5) is 12.2. The van der Waals surface area contributed by atoms with Crippen LogP contribution in [0.5, 0.6) is 0 Å². The van der Waals surface area contributed by atoms with Crippen LogP contribution in [-0.2, 0) is 9.84 Å².